The molecule has 5 heteroatoms. The second kappa shape index (κ2) is 7.74. The van der Waals surface area contributed by atoms with Crippen LogP contribution < -0.4 is 5.32 Å². The topological polar surface area (TPSA) is 38.3 Å². The van der Waals surface area contributed by atoms with E-state index in [0.717, 1.165) is 17.9 Å². The normalized spacial score (nSPS) is 10.8. The third-order valence-electron chi connectivity index (χ3n) is 2.01. The van der Waals surface area contributed by atoms with E-state index in [9.17, 15) is 4.79 Å². The molecular weight excluding hydrogens is 254 g/mol. The van der Waals surface area contributed by atoms with E-state index in [0.29, 0.717) is 23.9 Å². The van der Waals surface area contributed by atoms with Gasteiger partial charge in [-0.3, -0.25) is 4.79 Å². The molecule has 0 radical (unpaired) electrons. The highest BCUT2D eigenvalue weighted by molar-refractivity contribution is 7.80. The van der Waals surface area contributed by atoms with Gasteiger partial charge in [-0.15, -0.1) is 24.0 Å². The first-order chi connectivity index (χ1) is 8.09. The molecule has 0 aliphatic heterocycles. The van der Waals surface area contributed by atoms with Crippen molar-refractivity contribution in [3.8, 4) is 0 Å². The van der Waals surface area contributed by atoms with Gasteiger partial charge in [-0.1, -0.05) is 13.8 Å². The monoisotopic (exact) mass is 273 g/mol. The van der Waals surface area contributed by atoms with Gasteiger partial charge in [-0.2, -0.15) is 0 Å². The van der Waals surface area contributed by atoms with Crippen molar-refractivity contribution in [3.63, 3.8) is 0 Å². The average Bonchev–Trinajstić information content (AvgIpc) is 2.69. The standard InChI is InChI=1S/C12H19NO2S2/c1-9(2)7-15-5-3-4-13-12(14)11-6-10(16)8-17-11/h6,8-9,16H,3-5,7H2,1-2H3,(H,13,14). The molecule has 1 heterocycles. The van der Waals surface area contributed by atoms with Gasteiger partial charge >= 0.3 is 0 Å². The highest BCUT2D eigenvalue weighted by Crippen LogP contribution is 2.17. The van der Waals surface area contributed by atoms with Crippen molar-refractivity contribution < 1.29 is 9.53 Å². The molecule has 3 nitrogen and oxygen atoms in total. The molecule has 0 fully saturated rings. The Bertz CT molecular complexity index is 350. The first kappa shape index (κ1) is 14.5. The predicted octanol–water partition coefficient (Wildman–Crippen LogP) is 2.83. The number of thiol groups is 1. The summed E-state index contributed by atoms with van der Waals surface area (Å²) >= 11 is 5.58. The summed E-state index contributed by atoms with van der Waals surface area (Å²) in [6.07, 6.45) is 0.845. The van der Waals surface area contributed by atoms with E-state index >= 15 is 0 Å². The Balaban J connectivity index is 2.09. The number of carbonyl (C=O) groups excluding carboxylic acids is 1. The van der Waals surface area contributed by atoms with Crippen LogP contribution in [0.1, 0.15) is 29.9 Å². The lowest BCUT2D eigenvalue weighted by Gasteiger charge is -2.07. The van der Waals surface area contributed by atoms with Crippen molar-refractivity contribution in [1.29, 1.82) is 0 Å². The molecule has 1 rings (SSSR count). The minimum Gasteiger partial charge on any atom is -0.381 e. The molecule has 0 bridgehead atoms. The maximum absolute atomic E-state index is 11.6. The van der Waals surface area contributed by atoms with Gasteiger partial charge in [-0.05, 0) is 18.4 Å². The van der Waals surface area contributed by atoms with Crippen LogP contribution in [0.2, 0.25) is 0 Å². The van der Waals surface area contributed by atoms with Crippen LogP contribution in [0.3, 0.4) is 0 Å². The van der Waals surface area contributed by atoms with E-state index in [1.165, 1.54) is 11.3 Å². The Morgan fingerprint density at radius 1 is 1.59 bits per heavy atom. The quantitative estimate of drug-likeness (QED) is 0.592. The Morgan fingerprint density at radius 2 is 2.35 bits per heavy atom. The molecule has 0 saturated carbocycles. The van der Waals surface area contributed by atoms with Gasteiger partial charge in [0.1, 0.15) is 0 Å². The van der Waals surface area contributed by atoms with Crippen LogP contribution in [0.15, 0.2) is 16.3 Å². The summed E-state index contributed by atoms with van der Waals surface area (Å²) in [7, 11) is 0. The number of amides is 1. The first-order valence-corrected chi connectivity index (χ1v) is 7.05. The summed E-state index contributed by atoms with van der Waals surface area (Å²) in [6.45, 7) is 6.36. The number of nitrogens with one attached hydrogen (secondary N) is 1. The molecule has 1 amide bonds. The number of hydrogen-bond donors (Lipinski definition) is 2. The minimum absolute atomic E-state index is 0.0286. The summed E-state index contributed by atoms with van der Waals surface area (Å²) in [4.78, 5) is 13.2. The summed E-state index contributed by atoms with van der Waals surface area (Å²) in [6, 6.07) is 1.78. The number of ether oxygens (including phenoxy) is 1. The fourth-order valence-corrected chi connectivity index (χ4v) is 2.29. The van der Waals surface area contributed by atoms with Gasteiger partial charge in [0.2, 0.25) is 0 Å². The third-order valence-corrected chi connectivity index (χ3v) is 3.37. The molecule has 0 saturated heterocycles. The van der Waals surface area contributed by atoms with Crippen molar-refractivity contribution in [1.82, 2.24) is 5.32 Å². The van der Waals surface area contributed by atoms with Gasteiger partial charge < -0.3 is 10.1 Å². The highest BCUT2D eigenvalue weighted by atomic mass is 32.1. The largest absolute Gasteiger partial charge is 0.381 e. The Hall–Kier alpha value is -0.520. The zero-order valence-corrected chi connectivity index (χ0v) is 11.9. The lowest BCUT2D eigenvalue weighted by molar-refractivity contribution is 0.0928. The van der Waals surface area contributed by atoms with Crippen LogP contribution in [-0.2, 0) is 4.74 Å². The van der Waals surface area contributed by atoms with E-state index in [1.807, 2.05) is 5.38 Å². The van der Waals surface area contributed by atoms with Crippen molar-refractivity contribution >= 4 is 29.9 Å². The first-order valence-electron chi connectivity index (χ1n) is 5.73. The molecule has 0 aromatic carbocycles. The molecule has 0 atom stereocenters. The van der Waals surface area contributed by atoms with Gasteiger partial charge in [0, 0.05) is 30.0 Å². The molecule has 0 unspecified atom stereocenters. The minimum atomic E-state index is -0.0286. The Kier molecular flexibility index (Phi) is 6.62. The lowest BCUT2D eigenvalue weighted by atomic mass is 10.2. The average molecular weight is 273 g/mol. The van der Waals surface area contributed by atoms with Gasteiger partial charge in [-0.25, -0.2) is 0 Å². The molecule has 0 aliphatic rings. The summed E-state index contributed by atoms with van der Waals surface area (Å²) in [5.41, 5.74) is 0. The van der Waals surface area contributed by atoms with E-state index < -0.39 is 0 Å². The summed E-state index contributed by atoms with van der Waals surface area (Å²) < 4.78 is 5.43. The number of rotatable bonds is 7. The van der Waals surface area contributed by atoms with Crippen LogP contribution in [0.25, 0.3) is 0 Å². The van der Waals surface area contributed by atoms with E-state index in [2.05, 4.69) is 31.8 Å². The van der Waals surface area contributed by atoms with Crippen molar-refractivity contribution in [2.45, 2.75) is 25.2 Å². The predicted molar refractivity (Wildman–Crippen MR) is 74.2 cm³/mol. The van der Waals surface area contributed by atoms with E-state index in [-0.39, 0.29) is 5.91 Å². The number of thiophene rings is 1. The Labute approximate surface area is 112 Å². The number of carbonyl (C=O) groups is 1. The van der Waals surface area contributed by atoms with Crippen LogP contribution in [-0.4, -0.2) is 25.7 Å². The molecule has 0 spiro atoms. The third kappa shape index (κ3) is 6.10. The second-order valence-corrected chi connectivity index (χ2v) is 5.68. The lowest BCUT2D eigenvalue weighted by Crippen LogP contribution is -2.24. The van der Waals surface area contributed by atoms with Gasteiger partial charge in [0.25, 0.3) is 5.91 Å². The molecule has 1 aromatic heterocycles. The van der Waals surface area contributed by atoms with Crippen LogP contribution >= 0.6 is 24.0 Å². The number of hydrogen-bond acceptors (Lipinski definition) is 4. The smallest absolute Gasteiger partial charge is 0.261 e. The SMILES string of the molecule is CC(C)COCCCNC(=O)c1cc(S)cs1. The maximum Gasteiger partial charge on any atom is 0.261 e. The van der Waals surface area contributed by atoms with E-state index in [4.69, 9.17) is 4.74 Å². The highest BCUT2D eigenvalue weighted by Gasteiger charge is 2.06. The van der Waals surface area contributed by atoms with Crippen molar-refractivity contribution in [2.75, 3.05) is 19.8 Å². The van der Waals surface area contributed by atoms with Crippen molar-refractivity contribution in [3.05, 3.63) is 16.3 Å². The van der Waals surface area contributed by atoms with Crippen LogP contribution in [0.4, 0.5) is 0 Å². The van der Waals surface area contributed by atoms with Gasteiger partial charge in [0.15, 0.2) is 0 Å². The Morgan fingerprint density at radius 3 is 2.94 bits per heavy atom. The fourth-order valence-electron chi connectivity index (χ4n) is 1.23. The zero-order valence-electron chi connectivity index (χ0n) is 10.2. The fraction of sp³-hybridized carbons (Fsp3) is 0.583. The maximum atomic E-state index is 11.6. The van der Waals surface area contributed by atoms with Gasteiger partial charge in [0.05, 0.1) is 4.88 Å². The molecule has 96 valence electrons. The summed E-state index contributed by atoms with van der Waals surface area (Å²) in [5, 5.41) is 4.71. The molecule has 1 N–H and O–H groups in total. The van der Waals surface area contributed by atoms with Crippen molar-refractivity contribution in [2.24, 2.45) is 5.92 Å². The molecule has 1 aromatic rings. The van der Waals surface area contributed by atoms with E-state index in [1.54, 1.807) is 6.07 Å². The van der Waals surface area contributed by atoms with Crippen LogP contribution in [0, 0.1) is 5.92 Å². The van der Waals surface area contributed by atoms with Crippen LogP contribution in [0.5, 0.6) is 0 Å². The summed E-state index contributed by atoms with van der Waals surface area (Å²) in [5.74, 6) is 0.531. The molecular formula is C12H19NO2S2. The zero-order chi connectivity index (χ0) is 12.7. The molecule has 17 heavy (non-hydrogen) atoms. The molecule has 0 aliphatic carbocycles. The second-order valence-electron chi connectivity index (χ2n) is 4.25.